The summed E-state index contributed by atoms with van der Waals surface area (Å²) in [6, 6.07) is 10.8. The molecule has 0 spiro atoms. The van der Waals surface area contributed by atoms with Crippen LogP contribution in [0.5, 0.6) is 0 Å². The van der Waals surface area contributed by atoms with Crippen LogP contribution in [0.3, 0.4) is 0 Å². The number of rotatable bonds is 5. The Morgan fingerprint density at radius 1 is 1.27 bits per heavy atom. The van der Waals surface area contributed by atoms with E-state index in [4.69, 9.17) is 0 Å². The minimum atomic E-state index is 0.621. The van der Waals surface area contributed by atoms with Gasteiger partial charge in [-0.05, 0) is 37.2 Å². The minimum Gasteiger partial charge on any atom is -0.0999 e. The molecule has 0 fully saturated rings. The van der Waals surface area contributed by atoms with Crippen LogP contribution >= 0.6 is 0 Å². The second kappa shape index (κ2) is 5.75. The third-order valence-electron chi connectivity index (χ3n) is 3.24. The fourth-order valence-corrected chi connectivity index (χ4v) is 1.89. The van der Waals surface area contributed by atoms with Gasteiger partial charge in [0, 0.05) is 0 Å². The van der Waals surface area contributed by atoms with E-state index < -0.39 is 0 Å². The van der Waals surface area contributed by atoms with Crippen molar-refractivity contribution in [2.75, 3.05) is 0 Å². The highest BCUT2D eigenvalue weighted by molar-refractivity contribution is 5.19. The van der Waals surface area contributed by atoms with Gasteiger partial charge in [0.25, 0.3) is 0 Å². The average molecular weight is 202 g/mol. The van der Waals surface area contributed by atoms with Crippen molar-refractivity contribution >= 4 is 0 Å². The van der Waals surface area contributed by atoms with Crippen LogP contribution in [0.25, 0.3) is 0 Å². The van der Waals surface area contributed by atoms with Gasteiger partial charge >= 0.3 is 0 Å². The Bertz CT molecular complexity index is 297. The Hall–Kier alpha value is -1.04. The van der Waals surface area contributed by atoms with Crippen molar-refractivity contribution < 1.29 is 0 Å². The second-order valence-corrected chi connectivity index (χ2v) is 4.50. The van der Waals surface area contributed by atoms with Crippen molar-refractivity contribution in [1.29, 1.82) is 0 Å². The average Bonchev–Trinajstić information content (AvgIpc) is 2.26. The summed E-state index contributed by atoms with van der Waals surface area (Å²) < 4.78 is 0. The van der Waals surface area contributed by atoms with Crippen LogP contribution in [0.2, 0.25) is 0 Å². The maximum Gasteiger partial charge on any atom is -0.0159 e. The largest absolute Gasteiger partial charge is 0.0999 e. The van der Waals surface area contributed by atoms with Crippen molar-refractivity contribution in [2.45, 2.75) is 39.5 Å². The third-order valence-corrected chi connectivity index (χ3v) is 3.24. The number of allylic oxidation sites excluding steroid dienone is 1. The highest BCUT2D eigenvalue weighted by Gasteiger charge is 2.13. The van der Waals surface area contributed by atoms with Crippen molar-refractivity contribution in [3.8, 4) is 0 Å². The molecule has 82 valence electrons. The van der Waals surface area contributed by atoms with Crippen LogP contribution in [0.15, 0.2) is 42.5 Å². The number of hydrogen-bond acceptors (Lipinski definition) is 0. The third kappa shape index (κ3) is 3.54. The smallest absolute Gasteiger partial charge is 0.0159 e. The SMILES string of the molecule is C=C(C)C(C)CC(CC)c1ccccc1. The fraction of sp³-hybridized carbons (Fsp3) is 0.467. The van der Waals surface area contributed by atoms with E-state index in [-0.39, 0.29) is 0 Å². The first kappa shape index (κ1) is 12.0. The lowest BCUT2D eigenvalue weighted by Crippen LogP contribution is -2.05. The molecule has 0 saturated carbocycles. The van der Waals surface area contributed by atoms with Crippen molar-refractivity contribution in [3.63, 3.8) is 0 Å². The van der Waals surface area contributed by atoms with E-state index >= 15 is 0 Å². The van der Waals surface area contributed by atoms with Crippen LogP contribution in [-0.2, 0) is 0 Å². The standard InChI is InChI=1S/C15H22/c1-5-14(11-13(4)12(2)3)15-9-7-6-8-10-15/h6-10,13-14H,2,5,11H2,1,3-4H3. The lowest BCUT2D eigenvalue weighted by atomic mass is 9.85. The normalized spacial score (nSPS) is 14.6. The monoisotopic (exact) mass is 202 g/mol. The van der Waals surface area contributed by atoms with Crippen LogP contribution in [0.1, 0.15) is 45.1 Å². The number of benzene rings is 1. The lowest BCUT2D eigenvalue weighted by molar-refractivity contribution is 0.507. The summed E-state index contributed by atoms with van der Waals surface area (Å²) in [5, 5.41) is 0. The highest BCUT2D eigenvalue weighted by atomic mass is 14.2. The summed E-state index contributed by atoms with van der Waals surface area (Å²) in [6.07, 6.45) is 2.43. The summed E-state index contributed by atoms with van der Waals surface area (Å²) in [7, 11) is 0. The molecule has 0 saturated heterocycles. The second-order valence-electron chi connectivity index (χ2n) is 4.50. The van der Waals surface area contributed by atoms with Gasteiger partial charge in [0.1, 0.15) is 0 Å². The summed E-state index contributed by atoms with van der Waals surface area (Å²) >= 11 is 0. The van der Waals surface area contributed by atoms with E-state index in [1.807, 2.05) is 0 Å². The van der Waals surface area contributed by atoms with Gasteiger partial charge in [-0.1, -0.05) is 56.3 Å². The Kier molecular flexibility index (Phi) is 4.61. The molecule has 0 N–H and O–H groups in total. The number of hydrogen-bond donors (Lipinski definition) is 0. The van der Waals surface area contributed by atoms with Gasteiger partial charge in [-0.3, -0.25) is 0 Å². The van der Waals surface area contributed by atoms with Gasteiger partial charge in [0.05, 0.1) is 0 Å². The molecule has 0 heterocycles. The first-order chi connectivity index (χ1) is 7.15. The molecule has 0 aliphatic rings. The molecule has 0 radical (unpaired) electrons. The quantitative estimate of drug-likeness (QED) is 0.603. The minimum absolute atomic E-state index is 0.621. The maximum absolute atomic E-state index is 4.04. The van der Waals surface area contributed by atoms with Crippen molar-refractivity contribution in [1.82, 2.24) is 0 Å². The molecule has 0 amide bonds. The summed E-state index contributed by atoms with van der Waals surface area (Å²) in [5.74, 6) is 1.30. The van der Waals surface area contributed by atoms with Crippen molar-refractivity contribution in [3.05, 3.63) is 48.0 Å². The molecule has 1 aromatic rings. The van der Waals surface area contributed by atoms with Gasteiger partial charge in [-0.15, -0.1) is 0 Å². The molecule has 0 aliphatic heterocycles. The summed E-state index contributed by atoms with van der Waals surface area (Å²) in [4.78, 5) is 0. The predicted molar refractivity (Wildman–Crippen MR) is 68.1 cm³/mol. The fourth-order valence-electron chi connectivity index (χ4n) is 1.89. The first-order valence-corrected chi connectivity index (χ1v) is 5.85. The predicted octanol–water partition coefficient (Wildman–Crippen LogP) is 4.78. The molecule has 0 nitrogen and oxygen atoms in total. The van der Waals surface area contributed by atoms with Crippen LogP contribution < -0.4 is 0 Å². The molecule has 0 heteroatoms. The van der Waals surface area contributed by atoms with E-state index in [1.165, 1.54) is 24.0 Å². The Morgan fingerprint density at radius 3 is 2.33 bits per heavy atom. The zero-order valence-corrected chi connectivity index (χ0v) is 10.2. The van der Waals surface area contributed by atoms with E-state index in [0.29, 0.717) is 11.8 Å². The summed E-state index contributed by atoms with van der Waals surface area (Å²) in [6.45, 7) is 10.7. The van der Waals surface area contributed by atoms with E-state index in [0.717, 1.165) is 0 Å². The first-order valence-electron chi connectivity index (χ1n) is 5.85. The van der Waals surface area contributed by atoms with Gasteiger partial charge in [-0.25, -0.2) is 0 Å². The Morgan fingerprint density at radius 2 is 1.87 bits per heavy atom. The molecule has 1 aromatic carbocycles. The van der Waals surface area contributed by atoms with Gasteiger partial charge in [-0.2, -0.15) is 0 Å². The Labute approximate surface area is 94.0 Å². The van der Waals surface area contributed by atoms with Crippen molar-refractivity contribution in [2.24, 2.45) is 5.92 Å². The van der Waals surface area contributed by atoms with Gasteiger partial charge in [0.15, 0.2) is 0 Å². The molecule has 0 aromatic heterocycles. The zero-order chi connectivity index (χ0) is 11.3. The van der Waals surface area contributed by atoms with E-state index in [1.54, 1.807) is 0 Å². The maximum atomic E-state index is 4.04. The molecular formula is C15H22. The molecule has 2 unspecified atom stereocenters. The highest BCUT2D eigenvalue weighted by Crippen LogP contribution is 2.29. The molecule has 1 rings (SSSR count). The van der Waals surface area contributed by atoms with Crippen LogP contribution in [0, 0.1) is 5.92 Å². The molecule has 0 aliphatic carbocycles. The van der Waals surface area contributed by atoms with E-state index in [9.17, 15) is 0 Å². The Balaban J connectivity index is 2.69. The van der Waals surface area contributed by atoms with Crippen LogP contribution in [0.4, 0.5) is 0 Å². The van der Waals surface area contributed by atoms with Crippen LogP contribution in [-0.4, -0.2) is 0 Å². The van der Waals surface area contributed by atoms with E-state index in [2.05, 4.69) is 57.7 Å². The molecular weight excluding hydrogens is 180 g/mol. The molecule has 15 heavy (non-hydrogen) atoms. The molecule has 2 atom stereocenters. The molecule has 0 bridgehead atoms. The topological polar surface area (TPSA) is 0 Å². The zero-order valence-electron chi connectivity index (χ0n) is 10.2. The van der Waals surface area contributed by atoms with Gasteiger partial charge < -0.3 is 0 Å². The lowest BCUT2D eigenvalue weighted by Gasteiger charge is -2.20. The summed E-state index contributed by atoms with van der Waals surface area (Å²) in [5.41, 5.74) is 2.76. The van der Waals surface area contributed by atoms with Gasteiger partial charge in [0.2, 0.25) is 0 Å².